The van der Waals surface area contributed by atoms with E-state index in [0.29, 0.717) is 17.0 Å². The summed E-state index contributed by atoms with van der Waals surface area (Å²) in [5.41, 5.74) is 0.656. The average molecular weight is 271 g/mol. The molecule has 1 aliphatic rings. The minimum absolute atomic E-state index is 0.0372. The van der Waals surface area contributed by atoms with E-state index in [-0.39, 0.29) is 23.4 Å². The summed E-state index contributed by atoms with van der Waals surface area (Å²) in [4.78, 5) is 24.0. The first-order valence-electron chi connectivity index (χ1n) is 5.16. The molecule has 1 unspecified atom stereocenters. The smallest absolute Gasteiger partial charge is 0.306 e. The zero-order valence-corrected chi connectivity index (χ0v) is 10.8. The van der Waals surface area contributed by atoms with Crippen molar-refractivity contribution in [2.24, 2.45) is 0 Å². The number of methoxy groups -OCH3 is 1. The van der Waals surface area contributed by atoms with Crippen molar-refractivity contribution in [1.29, 1.82) is 0 Å². The lowest BCUT2D eigenvalue weighted by atomic mass is 10.0. The minimum atomic E-state index is -0.285. The van der Waals surface area contributed by atoms with Gasteiger partial charge in [0.1, 0.15) is 0 Å². The molecule has 0 saturated heterocycles. The summed E-state index contributed by atoms with van der Waals surface area (Å²) in [5, 5.41) is 0.521. The molecule has 0 fully saturated rings. The quantitative estimate of drug-likeness (QED) is 0.775. The van der Waals surface area contributed by atoms with Crippen LogP contribution in [-0.2, 0) is 9.53 Å². The van der Waals surface area contributed by atoms with E-state index in [4.69, 9.17) is 11.6 Å². The molecule has 1 aliphatic heterocycles. The second-order valence-electron chi connectivity index (χ2n) is 3.79. The molecule has 90 valence electrons. The van der Waals surface area contributed by atoms with Crippen LogP contribution in [0, 0.1) is 0 Å². The van der Waals surface area contributed by atoms with Crippen LogP contribution in [0.1, 0.15) is 23.2 Å². The normalized spacial score (nSPS) is 18.7. The Hall–Kier alpha value is -1.000. The fourth-order valence-corrected chi connectivity index (χ4v) is 3.18. The molecule has 0 bridgehead atoms. The number of carbonyl (C=O) groups excluding carboxylic acids is 2. The van der Waals surface area contributed by atoms with E-state index >= 15 is 0 Å². The van der Waals surface area contributed by atoms with Crippen LogP contribution < -0.4 is 0 Å². The summed E-state index contributed by atoms with van der Waals surface area (Å²) in [6, 6.07) is 5.26. The van der Waals surface area contributed by atoms with Crippen molar-refractivity contribution in [2.75, 3.05) is 7.11 Å². The molecule has 0 aliphatic carbocycles. The lowest BCUT2D eigenvalue weighted by Crippen LogP contribution is -2.20. The number of fused-ring (bicyclic) bond motifs is 1. The highest BCUT2D eigenvalue weighted by Gasteiger charge is 2.27. The number of hydrogen-bond acceptors (Lipinski definition) is 4. The van der Waals surface area contributed by atoms with E-state index in [1.165, 1.54) is 18.9 Å². The molecule has 2 rings (SSSR count). The van der Waals surface area contributed by atoms with Gasteiger partial charge in [0, 0.05) is 27.2 Å². The van der Waals surface area contributed by atoms with Gasteiger partial charge < -0.3 is 4.74 Å². The Labute approximate surface area is 108 Å². The molecule has 0 spiro atoms. The third kappa shape index (κ3) is 2.82. The number of rotatable bonds is 2. The predicted octanol–water partition coefficient (Wildman–Crippen LogP) is 2.95. The van der Waals surface area contributed by atoms with E-state index in [1.54, 1.807) is 12.1 Å². The Balaban J connectivity index is 2.19. The van der Waals surface area contributed by atoms with Crippen molar-refractivity contribution >= 4 is 35.1 Å². The first-order chi connectivity index (χ1) is 8.10. The van der Waals surface area contributed by atoms with Crippen LogP contribution in [0.15, 0.2) is 23.1 Å². The minimum Gasteiger partial charge on any atom is -0.469 e. The Bertz CT molecular complexity index is 473. The van der Waals surface area contributed by atoms with Crippen LogP contribution >= 0.6 is 23.4 Å². The molecule has 1 atom stereocenters. The van der Waals surface area contributed by atoms with E-state index in [9.17, 15) is 9.59 Å². The van der Waals surface area contributed by atoms with Crippen LogP contribution in [0.2, 0.25) is 5.02 Å². The van der Waals surface area contributed by atoms with E-state index < -0.39 is 0 Å². The lowest BCUT2D eigenvalue weighted by molar-refractivity contribution is -0.140. The van der Waals surface area contributed by atoms with Crippen LogP contribution in [0.25, 0.3) is 0 Å². The van der Waals surface area contributed by atoms with Gasteiger partial charge >= 0.3 is 5.97 Å². The molecule has 1 aromatic rings. The standard InChI is InChI=1S/C12H11ClO3S/c1-16-12(15)6-8-5-10(14)9-4-7(13)2-3-11(9)17-8/h2-4,8H,5-6H2,1H3. The highest BCUT2D eigenvalue weighted by Crippen LogP contribution is 2.37. The summed E-state index contributed by atoms with van der Waals surface area (Å²) in [6.07, 6.45) is 0.613. The first kappa shape index (κ1) is 12.5. The number of benzene rings is 1. The Morgan fingerprint density at radius 3 is 3.06 bits per heavy atom. The summed E-state index contributed by atoms with van der Waals surface area (Å²) in [6.45, 7) is 0. The number of ketones is 1. The summed E-state index contributed by atoms with van der Waals surface area (Å²) < 4.78 is 4.61. The monoisotopic (exact) mass is 270 g/mol. The third-order valence-electron chi connectivity index (χ3n) is 2.57. The fourth-order valence-electron chi connectivity index (χ4n) is 1.74. The van der Waals surface area contributed by atoms with Gasteiger partial charge in [-0.3, -0.25) is 9.59 Å². The second-order valence-corrected chi connectivity index (χ2v) is 5.57. The molecule has 1 aromatic carbocycles. The lowest BCUT2D eigenvalue weighted by Gasteiger charge is -2.22. The van der Waals surface area contributed by atoms with E-state index in [0.717, 1.165) is 4.90 Å². The Morgan fingerprint density at radius 2 is 2.35 bits per heavy atom. The summed E-state index contributed by atoms with van der Waals surface area (Å²) >= 11 is 7.38. The molecule has 0 aromatic heterocycles. The van der Waals surface area contributed by atoms with Crippen LogP contribution in [0.3, 0.4) is 0 Å². The first-order valence-corrected chi connectivity index (χ1v) is 6.42. The molecule has 3 nitrogen and oxygen atoms in total. The van der Waals surface area contributed by atoms with Gasteiger partial charge in [-0.1, -0.05) is 11.6 Å². The zero-order valence-electron chi connectivity index (χ0n) is 9.23. The zero-order chi connectivity index (χ0) is 12.4. The highest BCUT2D eigenvalue weighted by atomic mass is 35.5. The van der Waals surface area contributed by atoms with Gasteiger partial charge in [0.2, 0.25) is 0 Å². The number of Topliss-reactive ketones (excluding diaryl/α,β-unsaturated/α-hetero) is 1. The molecular formula is C12H11ClO3S. The molecule has 0 N–H and O–H groups in total. The Kier molecular flexibility index (Phi) is 3.74. The number of ether oxygens (including phenoxy) is 1. The van der Waals surface area contributed by atoms with Gasteiger partial charge in [0.05, 0.1) is 13.5 Å². The predicted molar refractivity (Wildman–Crippen MR) is 66.7 cm³/mol. The van der Waals surface area contributed by atoms with Gasteiger partial charge in [0.25, 0.3) is 0 Å². The van der Waals surface area contributed by atoms with Crippen LogP contribution in [0.5, 0.6) is 0 Å². The number of thioether (sulfide) groups is 1. The van der Waals surface area contributed by atoms with Gasteiger partial charge in [-0.2, -0.15) is 0 Å². The number of esters is 1. The Morgan fingerprint density at radius 1 is 1.59 bits per heavy atom. The topological polar surface area (TPSA) is 43.4 Å². The molecule has 5 heteroatoms. The molecular weight excluding hydrogens is 260 g/mol. The number of carbonyl (C=O) groups is 2. The van der Waals surface area contributed by atoms with Crippen LogP contribution in [0.4, 0.5) is 0 Å². The third-order valence-corrected chi connectivity index (χ3v) is 4.08. The van der Waals surface area contributed by atoms with Crippen molar-refractivity contribution in [3.05, 3.63) is 28.8 Å². The maximum atomic E-state index is 11.9. The van der Waals surface area contributed by atoms with E-state index in [2.05, 4.69) is 4.74 Å². The number of hydrogen-bond donors (Lipinski definition) is 0. The average Bonchev–Trinajstić information content (AvgIpc) is 2.30. The molecule has 0 amide bonds. The van der Waals surface area contributed by atoms with Crippen LogP contribution in [-0.4, -0.2) is 24.1 Å². The second kappa shape index (κ2) is 5.10. The SMILES string of the molecule is COC(=O)CC1CC(=O)c2cc(Cl)ccc2S1. The van der Waals surface area contributed by atoms with Crippen molar-refractivity contribution in [3.63, 3.8) is 0 Å². The maximum absolute atomic E-state index is 11.9. The van der Waals surface area contributed by atoms with Crippen molar-refractivity contribution in [3.8, 4) is 0 Å². The van der Waals surface area contributed by atoms with E-state index in [1.807, 2.05) is 6.07 Å². The van der Waals surface area contributed by atoms with Crippen molar-refractivity contribution in [1.82, 2.24) is 0 Å². The fraction of sp³-hybridized carbons (Fsp3) is 0.333. The number of halogens is 1. The van der Waals surface area contributed by atoms with Gasteiger partial charge in [-0.05, 0) is 18.2 Å². The van der Waals surface area contributed by atoms with Gasteiger partial charge in [0.15, 0.2) is 5.78 Å². The largest absolute Gasteiger partial charge is 0.469 e. The molecule has 17 heavy (non-hydrogen) atoms. The maximum Gasteiger partial charge on any atom is 0.306 e. The molecule has 1 heterocycles. The molecule has 0 radical (unpaired) electrons. The highest BCUT2D eigenvalue weighted by molar-refractivity contribution is 8.00. The summed E-state index contributed by atoms with van der Waals surface area (Å²) in [7, 11) is 1.35. The summed E-state index contributed by atoms with van der Waals surface area (Å²) in [5.74, 6) is -0.247. The van der Waals surface area contributed by atoms with Crippen molar-refractivity contribution < 1.29 is 14.3 Å². The van der Waals surface area contributed by atoms with Crippen molar-refractivity contribution in [2.45, 2.75) is 23.0 Å². The van der Waals surface area contributed by atoms with Gasteiger partial charge in [-0.15, -0.1) is 11.8 Å². The molecule has 0 saturated carbocycles. The van der Waals surface area contributed by atoms with Gasteiger partial charge in [-0.25, -0.2) is 0 Å².